The summed E-state index contributed by atoms with van der Waals surface area (Å²) in [6, 6.07) is 16.9. The van der Waals surface area contributed by atoms with E-state index in [0.717, 1.165) is 16.2 Å². The van der Waals surface area contributed by atoms with Gasteiger partial charge in [-0.25, -0.2) is 9.37 Å². The van der Waals surface area contributed by atoms with Crippen molar-refractivity contribution in [1.82, 2.24) is 9.38 Å². The average Bonchev–Trinajstić information content (AvgIpc) is 3.17. The van der Waals surface area contributed by atoms with Crippen LogP contribution >= 0.6 is 11.8 Å². The lowest BCUT2D eigenvalue weighted by Crippen LogP contribution is -2.13. The minimum Gasteiger partial charge on any atom is -0.326 e. The molecule has 0 saturated heterocycles. The van der Waals surface area contributed by atoms with Crippen LogP contribution in [0.2, 0.25) is 0 Å². The van der Waals surface area contributed by atoms with E-state index in [1.54, 1.807) is 23.9 Å². The summed E-state index contributed by atoms with van der Waals surface area (Å²) < 4.78 is 16.0. The van der Waals surface area contributed by atoms with Gasteiger partial charge in [0.1, 0.15) is 11.5 Å². The number of nitrogens with zero attached hydrogens (tertiary/aromatic N) is 2. The first-order valence-corrected chi connectivity index (χ1v) is 10.5. The molecule has 0 saturated carbocycles. The smallest absolute Gasteiger partial charge is 0.255 e. The van der Waals surface area contributed by atoms with Gasteiger partial charge in [0.2, 0.25) is 5.91 Å². The van der Waals surface area contributed by atoms with Gasteiger partial charge in [-0.3, -0.25) is 9.59 Å². The van der Waals surface area contributed by atoms with Crippen molar-refractivity contribution in [2.24, 2.45) is 0 Å². The number of benzene rings is 2. The van der Waals surface area contributed by atoms with Gasteiger partial charge in [-0.2, -0.15) is 0 Å². The number of rotatable bonds is 6. The number of hydrogen-bond donors (Lipinski definition) is 2. The number of halogens is 1. The fourth-order valence-corrected chi connectivity index (χ4v) is 3.80. The molecular formula is C23H19FN4O2S. The second-order valence-electron chi connectivity index (χ2n) is 6.84. The third-order valence-electron chi connectivity index (χ3n) is 4.45. The molecule has 0 bridgehead atoms. The van der Waals surface area contributed by atoms with Gasteiger partial charge in [0.05, 0.1) is 11.4 Å². The third-order valence-corrected chi connectivity index (χ3v) is 5.50. The van der Waals surface area contributed by atoms with Crippen LogP contribution in [0.1, 0.15) is 23.0 Å². The topological polar surface area (TPSA) is 75.5 Å². The summed E-state index contributed by atoms with van der Waals surface area (Å²) in [5.74, 6) is -0.590. The van der Waals surface area contributed by atoms with Crippen molar-refractivity contribution in [1.29, 1.82) is 0 Å². The maximum absolute atomic E-state index is 14.0. The van der Waals surface area contributed by atoms with Crippen molar-refractivity contribution in [2.45, 2.75) is 17.6 Å². The highest BCUT2D eigenvalue weighted by Gasteiger charge is 2.11. The van der Waals surface area contributed by atoms with Crippen LogP contribution in [0.5, 0.6) is 0 Å². The third kappa shape index (κ3) is 5.10. The lowest BCUT2D eigenvalue weighted by molar-refractivity contribution is -0.114. The molecule has 2 heterocycles. The Morgan fingerprint density at radius 2 is 1.87 bits per heavy atom. The number of nitrogens with one attached hydrogen (secondary N) is 2. The molecule has 0 atom stereocenters. The minimum atomic E-state index is -0.581. The molecule has 0 aliphatic carbocycles. The number of thioether (sulfide) groups is 1. The Kier molecular flexibility index (Phi) is 5.99. The Labute approximate surface area is 182 Å². The van der Waals surface area contributed by atoms with E-state index >= 15 is 0 Å². The Balaban J connectivity index is 1.39. The molecule has 0 unspecified atom stereocenters. The molecule has 2 aromatic heterocycles. The maximum atomic E-state index is 14.0. The summed E-state index contributed by atoms with van der Waals surface area (Å²) in [6.07, 6.45) is 3.95. The number of carbonyl (C=O) groups excluding carboxylic acids is 2. The second kappa shape index (κ2) is 9.01. The number of imidazole rings is 1. The van der Waals surface area contributed by atoms with Crippen LogP contribution in [0.3, 0.4) is 0 Å². The first-order valence-electron chi connectivity index (χ1n) is 9.52. The van der Waals surface area contributed by atoms with Gasteiger partial charge in [0, 0.05) is 41.2 Å². The molecule has 156 valence electrons. The Morgan fingerprint density at radius 3 is 2.61 bits per heavy atom. The molecule has 8 heteroatoms. The van der Waals surface area contributed by atoms with Crippen molar-refractivity contribution >= 4 is 40.6 Å². The fraction of sp³-hybridized carbons (Fsp3) is 0.0870. The highest BCUT2D eigenvalue weighted by atomic mass is 32.2. The zero-order chi connectivity index (χ0) is 21.8. The van der Waals surface area contributed by atoms with Crippen molar-refractivity contribution in [2.75, 3.05) is 10.6 Å². The molecule has 2 N–H and O–H groups in total. The fourth-order valence-electron chi connectivity index (χ4n) is 3.01. The summed E-state index contributed by atoms with van der Waals surface area (Å²) in [6.45, 7) is 1.36. The second-order valence-corrected chi connectivity index (χ2v) is 7.89. The van der Waals surface area contributed by atoms with Crippen molar-refractivity contribution in [3.63, 3.8) is 0 Å². The van der Waals surface area contributed by atoms with Crippen molar-refractivity contribution in [3.8, 4) is 0 Å². The number of fused-ring (bicyclic) bond motifs is 1. The standard InChI is InChI=1S/C23H19FN4O2S/c1-15(29)25-17-7-10-20(24)21(12-17)27-23(30)16-5-8-19(9-6-16)31-14-18-13-28-11-3-2-4-22(28)26-18/h2-13H,14H2,1H3,(H,25,29)(H,27,30). The number of aromatic nitrogens is 2. The highest BCUT2D eigenvalue weighted by Crippen LogP contribution is 2.24. The molecule has 2 aromatic carbocycles. The predicted molar refractivity (Wildman–Crippen MR) is 120 cm³/mol. The summed E-state index contributed by atoms with van der Waals surface area (Å²) in [7, 11) is 0. The largest absolute Gasteiger partial charge is 0.326 e. The van der Waals surface area contributed by atoms with E-state index in [1.807, 2.05) is 47.1 Å². The van der Waals surface area contributed by atoms with Gasteiger partial charge < -0.3 is 15.0 Å². The van der Waals surface area contributed by atoms with Crippen LogP contribution in [0, 0.1) is 5.82 Å². The first kappa shape index (κ1) is 20.6. The normalized spacial score (nSPS) is 10.8. The van der Waals surface area contributed by atoms with Crippen LogP contribution in [0.4, 0.5) is 15.8 Å². The molecule has 0 spiro atoms. The lowest BCUT2D eigenvalue weighted by Gasteiger charge is -2.09. The van der Waals surface area contributed by atoms with Crippen LogP contribution in [-0.4, -0.2) is 21.2 Å². The van der Waals surface area contributed by atoms with E-state index in [0.29, 0.717) is 17.0 Å². The quantitative estimate of drug-likeness (QED) is 0.420. The zero-order valence-electron chi connectivity index (χ0n) is 16.6. The van der Waals surface area contributed by atoms with E-state index in [1.165, 1.54) is 25.1 Å². The molecule has 4 aromatic rings. The van der Waals surface area contributed by atoms with E-state index in [4.69, 9.17) is 0 Å². The van der Waals surface area contributed by atoms with Crippen LogP contribution in [0.25, 0.3) is 5.65 Å². The summed E-state index contributed by atoms with van der Waals surface area (Å²) in [5, 5.41) is 5.11. The Hall–Kier alpha value is -3.65. The maximum Gasteiger partial charge on any atom is 0.255 e. The number of carbonyl (C=O) groups is 2. The molecule has 6 nitrogen and oxygen atoms in total. The number of hydrogen-bond acceptors (Lipinski definition) is 4. The van der Waals surface area contributed by atoms with Gasteiger partial charge in [0.25, 0.3) is 5.91 Å². The van der Waals surface area contributed by atoms with Crippen LogP contribution in [-0.2, 0) is 10.5 Å². The van der Waals surface area contributed by atoms with Gasteiger partial charge in [-0.05, 0) is 54.6 Å². The molecule has 0 fully saturated rings. The summed E-state index contributed by atoms with van der Waals surface area (Å²) in [5.41, 5.74) is 2.68. The molecule has 0 radical (unpaired) electrons. The van der Waals surface area contributed by atoms with Gasteiger partial charge in [-0.1, -0.05) is 6.07 Å². The van der Waals surface area contributed by atoms with E-state index in [2.05, 4.69) is 15.6 Å². The van der Waals surface area contributed by atoms with Crippen molar-refractivity contribution < 1.29 is 14.0 Å². The Morgan fingerprint density at radius 1 is 1.06 bits per heavy atom. The van der Waals surface area contributed by atoms with E-state index in [9.17, 15) is 14.0 Å². The van der Waals surface area contributed by atoms with Gasteiger partial charge in [0.15, 0.2) is 0 Å². The SMILES string of the molecule is CC(=O)Nc1ccc(F)c(NC(=O)c2ccc(SCc3cn4ccccc4n3)cc2)c1. The molecule has 0 aliphatic rings. The predicted octanol–water partition coefficient (Wildman–Crippen LogP) is 4.98. The number of pyridine rings is 1. The number of anilines is 2. The molecule has 2 amide bonds. The summed E-state index contributed by atoms with van der Waals surface area (Å²) in [4.78, 5) is 29.2. The molecule has 4 rings (SSSR count). The van der Waals surface area contributed by atoms with E-state index < -0.39 is 11.7 Å². The molecular weight excluding hydrogens is 415 g/mol. The number of amides is 2. The Bertz CT molecular complexity index is 1220. The van der Waals surface area contributed by atoms with Gasteiger partial charge in [-0.15, -0.1) is 11.8 Å². The first-order chi connectivity index (χ1) is 15.0. The average molecular weight is 434 g/mol. The molecule has 31 heavy (non-hydrogen) atoms. The monoisotopic (exact) mass is 434 g/mol. The van der Waals surface area contributed by atoms with Crippen LogP contribution in [0.15, 0.2) is 78.0 Å². The molecule has 0 aliphatic heterocycles. The van der Waals surface area contributed by atoms with Crippen molar-refractivity contribution in [3.05, 3.63) is 90.1 Å². The van der Waals surface area contributed by atoms with Gasteiger partial charge >= 0.3 is 0 Å². The zero-order valence-corrected chi connectivity index (χ0v) is 17.4. The highest BCUT2D eigenvalue weighted by molar-refractivity contribution is 7.98. The minimum absolute atomic E-state index is 0.00144. The lowest BCUT2D eigenvalue weighted by atomic mass is 10.2. The van der Waals surface area contributed by atoms with Crippen LogP contribution < -0.4 is 10.6 Å². The summed E-state index contributed by atoms with van der Waals surface area (Å²) >= 11 is 1.62. The van der Waals surface area contributed by atoms with E-state index in [-0.39, 0.29) is 11.6 Å².